The van der Waals surface area contributed by atoms with E-state index in [1.54, 1.807) is 24.5 Å². The Morgan fingerprint density at radius 3 is 2.85 bits per heavy atom. The van der Waals surface area contributed by atoms with E-state index in [4.69, 9.17) is 16.3 Å². The molecular formula is C14H12ClN3OS. The van der Waals surface area contributed by atoms with Gasteiger partial charge in [-0.25, -0.2) is 15.0 Å². The van der Waals surface area contributed by atoms with Crippen LogP contribution in [0, 0.1) is 0 Å². The summed E-state index contributed by atoms with van der Waals surface area (Å²) in [5, 5.41) is 1.45. The van der Waals surface area contributed by atoms with E-state index in [0.717, 1.165) is 16.2 Å². The highest BCUT2D eigenvalue weighted by Gasteiger charge is 2.08. The molecule has 0 fully saturated rings. The van der Waals surface area contributed by atoms with Gasteiger partial charge in [0.25, 0.3) is 0 Å². The van der Waals surface area contributed by atoms with Crippen molar-refractivity contribution < 1.29 is 4.74 Å². The van der Waals surface area contributed by atoms with Gasteiger partial charge in [0, 0.05) is 13.5 Å². The van der Waals surface area contributed by atoms with Crippen molar-refractivity contribution in [3.63, 3.8) is 0 Å². The Balaban J connectivity index is 1.90. The first-order chi connectivity index (χ1) is 9.74. The summed E-state index contributed by atoms with van der Waals surface area (Å²) in [5.41, 5.74) is 1.88. The van der Waals surface area contributed by atoms with Crippen LogP contribution < -0.4 is 0 Å². The Morgan fingerprint density at radius 2 is 2.05 bits per heavy atom. The van der Waals surface area contributed by atoms with Gasteiger partial charge in [-0.3, -0.25) is 0 Å². The van der Waals surface area contributed by atoms with Crippen LogP contribution in [0.4, 0.5) is 0 Å². The summed E-state index contributed by atoms with van der Waals surface area (Å²) in [7, 11) is 1.61. The van der Waals surface area contributed by atoms with Crippen molar-refractivity contribution in [1.29, 1.82) is 0 Å². The monoisotopic (exact) mass is 305 g/mol. The molecule has 0 atom stereocenters. The van der Waals surface area contributed by atoms with Crippen molar-refractivity contribution in [2.45, 2.75) is 13.0 Å². The van der Waals surface area contributed by atoms with E-state index >= 15 is 0 Å². The van der Waals surface area contributed by atoms with Crippen molar-refractivity contribution in [3.8, 4) is 0 Å². The molecule has 3 rings (SSSR count). The SMILES string of the molecule is COCc1nc(Cl)cc(Cc2nc3ccccc3s2)n1. The van der Waals surface area contributed by atoms with Crippen molar-refractivity contribution in [2.75, 3.05) is 7.11 Å². The highest BCUT2D eigenvalue weighted by atomic mass is 35.5. The third kappa shape index (κ3) is 2.95. The molecule has 4 nitrogen and oxygen atoms in total. The number of para-hydroxylation sites is 1. The molecule has 2 aromatic heterocycles. The lowest BCUT2D eigenvalue weighted by Crippen LogP contribution is -2.01. The van der Waals surface area contributed by atoms with Crippen molar-refractivity contribution in [3.05, 3.63) is 52.0 Å². The van der Waals surface area contributed by atoms with Gasteiger partial charge in [0.15, 0.2) is 5.82 Å². The third-order valence-corrected chi connectivity index (χ3v) is 3.97. The Morgan fingerprint density at radius 1 is 1.20 bits per heavy atom. The minimum Gasteiger partial charge on any atom is -0.377 e. The Labute approximate surface area is 125 Å². The number of methoxy groups -OCH3 is 1. The van der Waals surface area contributed by atoms with Crippen LogP contribution >= 0.6 is 22.9 Å². The van der Waals surface area contributed by atoms with Gasteiger partial charge in [-0.15, -0.1) is 11.3 Å². The first-order valence-electron chi connectivity index (χ1n) is 6.10. The maximum Gasteiger partial charge on any atom is 0.155 e. The molecule has 20 heavy (non-hydrogen) atoms. The van der Waals surface area contributed by atoms with Crippen LogP contribution in [0.5, 0.6) is 0 Å². The fourth-order valence-corrected chi connectivity index (χ4v) is 3.16. The predicted molar refractivity (Wildman–Crippen MR) is 80.2 cm³/mol. The van der Waals surface area contributed by atoms with E-state index in [2.05, 4.69) is 21.0 Å². The topological polar surface area (TPSA) is 47.9 Å². The highest BCUT2D eigenvalue weighted by Crippen LogP contribution is 2.23. The average Bonchev–Trinajstić information content (AvgIpc) is 2.80. The van der Waals surface area contributed by atoms with Crippen LogP contribution in [-0.2, 0) is 17.8 Å². The van der Waals surface area contributed by atoms with Gasteiger partial charge in [-0.1, -0.05) is 23.7 Å². The van der Waals surface area contributed by atoms with Gasteiger partial charge < -0.3 is 4.74 Å². The minimum absolute atomic E-state index is 0.355. The summed E-state index contributed by atoms with van der Waals surface area (Å²) >= 11 is 7.68. The van der Waals surface area contributed by atoms with E-state index in [0.29, 0.717) is 24.0 Å². The Hall–Kier alpha value is -1.56. The molecule has 0 spiro atoms. The first-order valence-corrected chi connectivity index (χ1v) is 7.30. The minimum atomic E-state index is 0.355. The van der Waals surface area contributed by atoms with Crippen LogP contribution in [0.1, 0.15) is 16.5 Å². The molecule has 2 heterocycles. The second-order valence-electron chi connectivity index (χ2n) is 4.28. The summed E-state index contributed by atoms with van der Waals surface area (Å²) in [6, 6.07) is 9.86. The van der Waals surface area contributed by atoms with Gasteiger partial charge in [0.1, 0.15) is 11.8 Å². The van der Waals surface area contributed by atoms with E-state index in [-0.39, 0.29) is 0 Å². The van der Waals surface area contributed by atoms with Gasteiger partial charge in [0.2, 0.25) is 0 Å². The lowest BCUT2D eigenvalue weighted by Gasteiger charge is -2.02. The molecule has 3 aromatic rings. The van der Waals surface area contributed by atoms with Crippen molar-refractivity contribution >= 4 is 33.2 Å². The molecule has 0 saturated heterocycles. The molecule has 102 valence electrons. The summed E-state index contributed by atoms with van der Waals surface area (Å²) in [6.07, 6.45) is 0.651. The van der Waals surface area contributed by atoms with E-state index < -0.39 is 0 Å². The third-order valence-electron chi connectivity index (χ3n) is 2.74. The second-order valence-corrected chi connectivity index (χ2v) is 5.79. The zero-order valence-electron chi connectivity index (χ0n) is 10.8. The number of halogens is 1. The van der Waals surface area contributed by atoms with Crippen LogP contribution in [0.25, 0.3) is 10.2 Å². The number of rotatable bonds is 4. The van der Waals surface area contributed by atoms with Gasteiger partial charge >= 0.3 is 0 Å². The number of ether oxygens (including phenoxy) is 1. The lowest BCUT2D eigenvalue weighted by molar-refractivity contribution is 0.177. The van der Waals surface area contributed by atoms with Gasteiger partial charge in [0.05, 0.1) is 20.9 Å². The number of nitrogens with zero attached hydrogens (tertiary/aromatic N) is 3. The maximum atomic E-state index is 6.01. The van der Waals surface area contributed by atoms with Gasteiger partial charge in [-0.2, -0.15) is 0 Å². The molecular weight excluding hydrogens is 294 g/mol. The van der Waals surface area contributed by atoms with Gasteiger partial charge in [-0.05, 0) is 18.2 Å². The molecule has 0 saturated carbocycles. The largest absolute Gasteiger partial charge is 0.377 e. The Bertz CT molecular complexity index is 711. The van der Waals surface area contributed by atoms with Crippen LogP contribution in [-0.4, -0.2) is 22.1 Å². The fourth-order valence-electron chi connectivity index (χ4n) is 1.95. The molecule has 0 amide bonds. The lowest BCUT2D eigenvalue weighted by atomic mass is 10.3. The molecule has 0 bridgehead atoms. The molecule has 0 unspecified atom stereocenters. The summed E-state index contributed by atoms with van der Waals surface area (Å²) in [5.74, 6) is 0.594. The second kappa shape index (κ2) is 5.83. The van der Waals surface area contributed by atoms with E-state index in [1.165, 1.54) is 4.70 Å². The average molecular weight is 306 g/mol. The smallest absolute Gasteiger partial charge is 0.155 e. The van der Waals surface area contributed by atoms with Crippen molar-refractivity contribution in [2.24, 2.45) is 0 Å². The molecule has 1 aromatic carbocycles. The number of hydrogen-bond donors (Lipinski definition) is 0. The summed E-state index contributed by atoms with van der Waals surface area (Å²) < 4.78 is 6.22. The normalized spacial score (nSPS) is 11.1. The first kappa shape index (κ1) is 13.4. The van der Waals surface area contributed by atoms with Crippen LogP contribution in [0.2, 0.25) is 5.15 Å². The summed E-state index contributed by atoms with van der Waals surface area (Å²) in [6.45, 7) is 0.355. The number of aromatic nitrogens is 3. The molecule has 0 aliphatic rings. The number of hydrogen-bond acceptors (Lipinski definition) is 5. The number of benzene rings is 1. The van der Waals surface area contributed by atoms with Crippen LogP contribution in [0.15, 0.2) is 30.3 Å². The molecule has 6 heteroatoms. The van der Waals surface area contributed by atoms with E-state index in [9.17, 15) is 0 Å². The Kier molecular flexibility index (Phi) is 3.91. The quantitative estimate of drug-likeness (QED) is 0.692. The van der Waals surface area contributed by atoms with Crippen molar-refractivity contribution in [1.82, 2.24) is 15.0 Å². The predicted octanol–water partition coefficient (Wildman–Crippen LogP) is 3.48. The molecule has 0 N–H and O–H groups in total. The standard InChI is InChI=1S/C14H12ClN3OS/c1-19-8-13-16-9(6-12(15)18-13)7-14-17-10-4-2-3-5-11(10)20-14/h2-6H,7-8H2,1H3. The maximum absolute atomic E-state index is 6.01. The molecule has 0 radical (unpaired) electrons. The fraction of sp³-hybridized carbons (Fsp3) is 0.214. The number of thiazole rings is 1. The van der Waals surface area contributed by atoms with E-state index in [1.807, 2.05) is 18.2 Å². The number of fused-ring (bicyclic) bond motifs is 1. The molecule has 0 aliphatic carbocycles. The summed E-state index contributed by atoms with van der Waals surface area (Å²) in [4.78, 5) is 13.2. The highest BCUT2D eigenvalue weighted by molar-refractivity contribution is 7.18. The zero-order valence-corrected chi connectivity index (χ0v) is 12.4. The zero-order chi connectivity index (χ0) is 13.9. The van der Waals surface area contributed by atoms with Crippen LogP contribution in [0.3, 0.4) is 0 Å². The molecule has 0 aliphatic heterocycles.